The van der Waals surface area contributed by atoms with Crippen LogP contribution in [0.5, 0.6) is 0 Å². The molecule has 1 amide bonds. The molecule has 0 atom stereocenters. The van der Waals surface area contributed by atoms with E-state index in [1.165, 1.54) is 5.56 Å². The molecule has 0 unspecified atom stereocenters. The molecule has 1 saturated heterocycles. The van der Waals surface area contributed by atoms with Crippen molar-refractivity contribution in [1.82, 2.24) is 15.2 Å². The maximum atomic E-state index is 12.2. The van der Waals surface area contributed by atoms with E-state index in [9.17, 15) is 4.79 Å². The Labute approximate surface area is 148 Å². The van der Waals surface area contributed by atoms with Crippen LogP contribution in [0.4, 0.5) is 0 Å². The van der Waals surface area contributed by atoms with Gasteiger partial charge in [0.15, 0.2) is 0 Å². The molecule has 0 spiro atoms. The normalized spacial score (nSPS) is 15.5. The quantitative estimate of drug-likeness (QED) is 0.933. The number of nitriles is 1. The Kier molecular flexibility index (Phi) is 5.42. The monoisotopic (exact) mass is 334 g/mol. The van der Waals surface area contributed by atoms with E-state index in [4.69, 9.17) is 5.26 Å². The largest absolute Gasteiger partial charge is 0.348 e. The summed E-state index contributed by atoms with van der Waals surface area (Å²) < 4.78 is 0. The Morgan fingerprint density at radius 3 is 2.56 bits per heavy atom. The van der Waals surface area contributed by atoms with E-state index in [-0.39, 0.29) is 11.9 Å². The number of likely N-dealkylation sites (tertiary alicyclic amines) is 1. The summed E-state index contributed by atoms with van der Waals surface area (Å²) in [6.45, 7) is 4.74. The van der Waals surface area contributed by atoms with E-state index < -0.39 is 0 Å². The molecule has 1 aromatic carbocycles. The number of hydrogen-bond donors (Lipinski definition) is 1. The average Bonchev–Trinajstić information content (AvgIpc) is 2.64. The minimum atomic E-state index is -0.0921. The van der Waals surface area contributed by atoms with Gasteiger partial charge in [-0.25, -0.2) is 0 Å². The number of aryl methyl sites for hydroxylation is 1. The summed E-state index contributed by atoms with van der Waals surface area (Å²) in [5.74, 6) is -0.0921. The lowest BCUT2D eigenvalue weighted by Crippen LogP contribution is -2.44. The summed E-state index contributed by atoms with van der Waals surface area (Å²) in [4.78, 5) is 18.8. The van der Waals surface area contributed by atoms with Crippen LogP contribution in [0, 0.1) is 18.3 Å². The van der Waals surface area contributed by atoms with Crippen molar-refractivity contribution in [2.24, 2.45) is 0 Å². The van der Waals surface area contributed by atoms with Crippen LogP contribution in [0.1, 0.15) is 40.0 Å². The Hall–Kier alpha value is -2.71. The molecule has 1 aliphatic heterocycles. The minimum Gasteiger partial charge on any atom is -0.348 e. The van der Waals surface area contributed by atoms with Gasteiger partial charge in [-0.3, -0.25) is 14.7 Å². The van der Waals surface area contributed by atoms with Crippen molar-refractivity contribution in [3.05, 3.63) is 65.0 Å². The van der Waals surface area contributed by atoms with Crippen LogP contribution in [0.3, 0.4) is 0 Å². The van der Waals surface area contributed by atoms with Gasteiger partial charge < -0.3 is 5.32 Å². The maximum Gasteiger partial charge on any atom is 0.270 e. The van der Waals surface area contributed by atoms with Gasteiger partial charge in [0, 0.05) is 31.9 Å². The zero-order chi connectivity index (χ0) is 17.6. The van der Waals surface area contributed by atoms with Crippen LogP contribution in [0.15, 0.2) is 42.6 Å². The van der Waals surface area contributed by atoms with E-state index in [0.717, 1.165) is 38.0 Å². The first-order valence-electron chi connectivity index (χ1n) is 8.59. The summed E-state index contributed by atoms with van der Waals surface area (Å²) in [6.07, 6.45) is 3.59. The second kappa shape index (κ2) is 7.91. The molecule has 1 N–H and O–H groups in total. The smallest absolute Gasteiger partial charge is 0.270 e. The Morgan fingerprint density at radius 2 is 1.96 bits per heavy atom. The van der Waals surface area contributed by atoms with Crippen molar-refractivity contribution in [2.75, 3.05) is 13.1 Å². The molecule has 0 aliphatic carbocycles. The first-order chi connectivity index (χ1) is 12.1. The van der Waals surface area contributed by atoms with Gasteiger partial charge in [-0.15, -0.1) is 0 Å². The lowest BCUT2D eigenvalue weighted by Gasteiger charge is -2.32. The molecule has 0 saturated carbocycles. The van der Waals surface area contributed by atoms with Crippen molar-refractivity contribution in [2.45, 2.75) is 32.4 Å². The number of benzene rings is 1. The molecular weight excluding hydrogens is 312 g/mol. The summed E-state index contributed by atoms with van der Waals surface area (Å²) in [5, 5.41) is 11.9. The summed E-state index contributed by atoms with van der Waals surface area (Å²) in [7, 11) is 0. The van der Waals surface area contributed by atoms with Gasteiger partial charge in [0.05, 0.1) is 11.6 Å². The van der Waals surface area contributed by atoms with Crippen LogP contribution in [0.25, 0.3) is 0 Å². The maximum absolute atomic E-state index is 12.2. The molecule has 5 nitrogen and oxygen atoms in total. The SMILES string of the molecule is Cc1ccc(C(=O)NC2CCN(Cc3ccc(C#N)cc3)CC2)nc1. The van der Waals surface area contributed by atoms with Crippen molar-refractivity contribution < 1.29 is 4.79 Å². The number of carbonyl (C=O) groups is 1. The number of nitrogens with one attached hydrogen (secondary N) is 1. The topological polar surface area (TPSA) is 69.0 Å². The molecule has 128 valence electrons. The second-order valence-electron chi connectivity index (χ2n) is 6.55. The summed E-state index contributed by atoms with van der Waals surface area (Å²) in [5.41, 5.74) is 3.43. The zero-order valence-electron chi connectivity index (χ0n) is 14.4. The third-order valence-corrected chi connectivity index (χ3v) is 4.56. The van der Waals surface area contributed by atoms with Gasteiger partial charge in [0.2, 0.25) is 0 Å². The predicted octanol–water partition coefficient (Wildman–Crippen LogP) is 2.66. The molecule has 5 heteroatoms. The molecular formula is C20H22N4O. The van der Waals surface area contributed by atoms with Crippen LogP contribution in [-0.2, 0) is 6.54 Å². The fraction of sp³-hybridized carbons (Fsp3) is 0.350. The third-order valence-electron chi connectivity index (χ3n) is 4.56. The molecule has 25 heavy (non-hydrogen) atoms. The number of amides is 1. The first kappa shape index (κ1) is 17.1. The second-order valence-corrected chi connectivity index (χ2v) is 6.55. The van der Waals surface area contributed by atoms with Crippen molar-refractivity contribution in [3.63, 3.8) is 0 Å². The number of nitrogens with zero attached hydrogens (tertiary/aromatic N) is 3. The molecule has 0 radical (unpaired) electrons. The van der Waals surface area contributed by atoms with Crippen LogP contribution >= 0.6 is 0 Å². The van der Waals surface area contributed by atoms with Crippen LogP contribution < -0.4 is 5.32 Å². The molecule has 0 bridgehead atoms. The highest BCUT2D eigenvalue weighted by molar-refractivity contribution is 5.92. The number of aromatic nitrogens is 1. The fourth-order valence-electron chi connectivity index (χ4n) is 3.04. The Bertz CT molecular complexity index is 754. The molecule has 3 rings (SSSR count). The lowest BCUT2D eigenvalue weighted by molar-refractivity contribution is 0.0904. The summed E-state index contributed by atoms with van der Waals surface area (Å²) in [6, 6.07) is 13.7. The number of pyridine rings is 1. The van der Waals surface area contributed by atoms with Crippen molar-refractivity contribution in [1.29, 1.82) is 5.26 Å². The standard InChI is InChI=1S/C20H22N4O/c1-15-2-7-19(22-13-15)20(25)23-18-8-10-24(11-9-18)14-17-5-3-16(12-21)4-6-17/h2-7,13,18H,8-11,14H2,1H3,(H,23,25). The number of carbonyl (C=O) groups excluding carboxylic acids is 1. The van der Waals surface area contributed by atoms with Gasteiger partial charge >= 0.3 is 0 Å². The van der Waals surface area contributed by atoms with Gasteiger partial charge in [0.1, 0.15) is 5.69 Å². The minimum absolute atomic E-state index is 0.0921. The van der Waals surface area contributed by atoms with Crippen molar-refractivity contribution >= 4 is 5.91 Å². The first-order valence-corrected chi connectivity index (χ1v) is 8.59. The van der Waals surface area contributed by atoms with Crippen molar-refractivity contribution in [3.8, 4) is 6.07 Å². The van der Waals surface area contributed by atoms with Crippen LogP contribution in [0.2, 0.25) is 0 Å². The van der Waals surface area contributed by atoms with E-state index in [1.54, 1.807) is 12.3 Å². The summed E-state index contributed by atoms with van der Waals surface area (Å²) >= 11 is 0. The van der Waals surface area contributed by atoms with E-state index in [0.29, 0.717) is 11.3 Å². The van der Waals surface area contributed by atoms with Crippen LogP contribution in [-0.4, -0.2) is 34.9 Å². The number of piperidine rings is 1. The molecule has 1 aromatic heterocycles. The molecule has 1 fully saturated rings. The van der Waals surface area contributed by atoms with Gasteiger partial charge in [-0.1, -0.05) is 18.2 Å². The highest BCUT2D eigenvalue weighted by Crippen LogP contribution is 2.15. The Morgan fingerprint density at radius 1 is 1.24 bits per heavy atom. The molecule has 2 heterocycles. The zero-order valence-corrected chi connectivity index (χ0v) is 14.4. The highest BCUT2D eigenvalue weighted by atomic mass is 16.1. The number of hydrogen-bond acceptors (Lipinski definition) is 4. The van der Waals surface area contributed by atoms with Gasteiger partial charge in [-0.05, 0) is 49.1 Å². The van der Waals surface area contributed by atoms with Gasteiger partial charge in [-0.2, -0.15) is 5.26 Å². The number of rotatable bonds is 4. The predicted molar refractivity (Wildman–Crippen MR) is 95.9 cm³/mol. The molecule has 2 aromatic rings. The van der Waals surface area contributed by atoms with E-state index in [1.807, 2.05) is 37.3 Å². The molecule has 1 aliphatic rings. The van der Waals surface area contributed by atoms with E-state index >= 15 is 0 Å². The third kappa shape index (κ3) is 4.65. The lowest BCUT2D eigenvalue weighted by atomic mass is 10.0. The fourth-order valence-corrected chi connectivity index (χ4v) is 3.04. The average molecular weight is 334 g/mol. The van der Waals surface area contributed by atoms with E-state index in [2.05, 4.69) is 21.3 Å². The highest BCUT2D eigenvalue weighted by Gasteiger charge is 2.21. The van der Waals surface area contributed by atoms with Gasteiger partial charge in [0.25, 0.3) is 5.91 Å². The Balaban J connectivity index is 1.47.